The second kappa shape index (κ2) is 7.60. The fourth-order valence-electron chi connectivity index (χ4n) is 1.74. The van der Waals surface area contributed by atoms with Gasteiger partial charge in [0, 0.05) is 3.57 Å². The van der Waals surface area contributed by atoms with Crippen molar-refractivity contribution < 1.29 is 14.3 Å². The third-order valence-corrected chi connectivity index (χ3v) is 4.08. The van der Waals surface area contributed by atoms with E-state index in [-0.39, 0.29) is 6.61 Å². The Morgan fingerprint density at radius 2 is 1.95 bits per heavy atom. The number of rotatable bonds is 4. The van der Waals surface area contributed by atoms with Crippen molar-refractivity contribution in [1.82, 2.24) is 0 Å². The molecule has 0 unspecified atom stereocenters. The number of ether oxygens (including phenoxy) is 1. The number of hydrogen-bond donors (Lipinski definition) is 1. The Morgan fingerprint density at radius 1 is 1.23 bits per heavy atom. The van der Waals surface area contributed by atoms with Crippen LogP contribution in [0.15, 0.2) is 42.5 Å². The van der Waals surface area contributed by atoms with Gasteiger partial charge >= 0.3 is 5.97 Å². The molecule has 0 fully saturated rings. The van der Waals surface area contributed by atoms with Crippen LogP contribution >= 0.6 is 34.2 Å². The quantitative estimate of drug-likeness (QED) is 0.589. The highest BCUT2D eigenvalue weighted by molar-refractivity contribution is 14.1. The molecule has 0 saturated heterocycles. The van der Waals surface area contributed by atoms with Crippen molar-refractivity contribution in [2.45, 2.75) is 6.92 Å². The van der Waals surface area contributed by atoms with Crippen LogP contribution in [0.3, 0.4) is 0 Å². The SMILES string of the molecule is Cc1ccc(NC(=O)COC(=O)c2ccccc2I)c(Cl)c1. The van der Waals surface area contributed by atoms with Crippen molar-refractivity contribution in [3.63, 3.8) is 0 Å². The van der Waals surface area contributed by atoms with E-state index in [0.29, 0.717) is 16.3 Å². The van der Waals surface area contributed by atoms with Gasteiger partial charge in [-0.2, -0.15) is 0 Å². The third kappa shape index (κ3) is 4.45. The molecule has 0 spiro atoms. The maximum atomic E-state index is 11.9. The lowest BCUT2D eigenvalue weighted by molar-refractivity contribution is -0.119. The zero-order valence-corrected chi connectivity index (χ0v) is 14.6. The van der Waals surface area contributed by atoms with E-state index >= 15 is 0 Å². The molecule has 1 amide bonds. The van der Waals surface area contributed by atoms with Crippen molar-refractivity contribution in [3.05, 3.63) is 62.2 Å². The summed E-state index contributed by atoms with van der Waals surface area (Å²) in [5.41, 5.74) is 1.92. The van der Waals surface area contributed by atoms with E-state index in [4.69, 9.17) is 16.3 Å². The van der Waals surface area contributed by atoms with Gasteiger partial charge in [0.05, 0.1) is 16.3 Å². The van der Waals surface area contributed by atoms with E-state index in [0.717, 1.165) is 9.13 Å². The first-order valence-corrected chi connectivity index (χ1v) is 7.90. The minimum Gasteiger partial charge on any atom is -0.452 e. The summed E-state index contributed by atoms with van der Waals surface area (Å²) < 4.78 is 5.78. The van der Waals surface area contributed by atoms with Crippen LogP contribution in [0.2, 0.25) is 5.02 Å². The normalized spacial score (nSPS) is 10.1. The van der Waals surface area contributed by atoms with Crippen LogP contribution in [0.25, 0.3) is 0 Å². The molecular weight excluding hydrogens is 417 g/mol. The summed E-state index contributed by atoms with van der Waals surface area (Å²) in [5.74, 6) is -0.972. The number of carbonyl (C=O) groups is 2. The molecule has 0 radical (unpaired) electrons. The monoisotopic (exact) mass is 429 g/mol. The van der Waals surface area contributed by atoms with Crippen LogP contribution in [0.5, 0.6) is 0 Å². The van der Waals surface area contributed by atoms with Gasteiger partial charge < -0.3 is 10.1 Å². The average molecular weight is 430 g/mol. The lowest BCUT2D eigenvalue weighted by Crippen LogP contribution is -2.21. The smallest absolute Gasteiger partial charge is 0.339 e. The molecule has 6 heteroatoms. The third-order valence-electron chi connectivity index (χ3n) is 2.83. The van der Waals surface area contributed by atoms with Crippen LogP contribution < -0.4 is 5.32 Å². The number of halogens is 2. The number of benzene rings is 2. The summed E-state index contributed by atoms with van der Waals surface area (Å²) >= 11 is 8.07. The highest BCUT2D eigenvalue weighted by Gasteiger charge is 2.13. The largest absolute Gasteiger partial charge is 0.452 e. The van der Waals surface area contributed by atoms with Crippen LogP contribution in [0.4, 0.5) is 5.69 Å². The zero-order chi connectivity index (χ0) is 16.1. The Balaban J connectivity index is 1.93. The van der Waals surface area contributed by atoms with Crippen molar-refractivity contribution in [2.75, 3.05) is 11.9 Å². The van der Waals surface area contributed by atoms with Crippen molar-refractivity contribution in [2.24, 2.45) is 0 Å². The summed E-state index contributed by atoms with van der Waals surface area (Å²) in [6.07, 6.45) is 0. The molecule has 1 N–H and O–H groups in total. The standard InChI is InChI=1S/C16H13ClINO3/c1-10-6-7-14(12(17)8-10)19-15(20)9-22-16(21)11-4-2-3-5-13(11)18/h2-8H,9H2,1H3,(H,19,20). The molecule has 2 aromatic carbocycles. The Bertz CT molecular complexity index is 718. The van der Waals surface area contributed by atoms with Gasteiger partial charge in [-0.1, -0.05) is 29.8 Å². The summed E-state index contributed by atoms with van der Waals surface area (Å²) in [6.45, 7) is 1.54. The molecule has 2 aromatic rings. The van der Waals surface area contributed by atoms with E-state index in [9.17, 15) is 9.59 Å². The van der Waals surface area contributed by atoms with Crippen LogP contribution in [-0.2, 0) is 9.53 Å². The lowest BCUT2D eigenvalue weighted by atomic mass is 10.2. The van der Waals surface area contributed by atoms with Gasteiger partial charge in [0.2, 0.25) is 0 Å². The van der Waals surface area contributed by atoms with Crippen LogP contribution in [0, 0.1) is 10.5 Å². The minimum atomic E-state index is -0.532. The second-order valence-corrected chi connectivity index (χ2v) is 6.16. The Morgan fingerprint density at radius 3 is 2.64 bits per heavy atom. The minimum absolute atomic E-state index is 0.367. The first-order valence-electron chi connectivity index (χ1n) is 6.45. The van der Waals surface area contributed by atoms with Crippen molar-refractivity contribution in [3.8, 4) is 0 Å². The van der Waals surface area contributed by atoms with Crippen LogP contribution in [0.1, 0.15) is 15.9 Å². The lowest BCUT2D eigenvalue weighted by Gasteiger charge is -2.09. The number of carbonyl (C=O) groups excluding carboxylic acids is 2. The summed E-state index contributed by atoms with van der Waals surface area (Å²) in [4.78, 5) is 23.7. The zero-order valence-electron chi connectivity index (χ0n) is 11.7. The Kier molecular flexibility index (Phi) is 5.79. The van der Waals surface area contributed by atoms with Gasteiger partial charge in [-0.15, -0.1) is 0 Å². The molecule has 0 aromatic heterocycles. The van der Waals surface area contributed by atoms with Gasteiger partial charge in [-0.05, 0) is 59.3 Å². The van der Waals surface area contributed by atoms with Gasteiger partial charge in [-0.3, -0.25) is 4.79 Å². The number of aryl methyl sites for hydroxylation is 1. The molecule has 22 heavy (non-hydrogen) atoms. The van der Waals surface area contributed by atoms with Gasteiger partial charge in [0.15, 0.2) is 6.61 Å². The van der Waals surface area contributed by atoms with Gasteiger partial charge in [-0.25, -0.2) is 4.79 Å². The molecule has 0 heterocycles. The topological polar surface area (TPSA) is 55.4 Å². The van der Waals surface area contributed by atoms with E-state index in [1.54, 1.807) is 30.3 Å². The predicted octanol–water partition coefficient (Wildman–Crippen LogP) is 4.05. The molecule has 0 aliphatic rings. The maximum absolute atomic E-state index is 11.9. The van der Waals surface area contributed by atoms with Gasteiger partial charge in [0.1, 0.15) is 0 Å². The Labute approximate surface area is 146 Å². The van der Waals surface area contributed by atoms with E-state index in [1.807, 2.05) is 41.6 Å². The second-order valence-electron chi connectivity index (χ2n) is 4.59. The molecule has 2 rings (SSSR count). The molecular formula is C16H13ClINO3. The van der Waals surface area contributed by atoms with Crippen molar-refractivity contribution in [1.29, 1.82) is 0 Å². The highest BCUT2D eigenvalue weighted by atomic mass is 127. The van der Waals surface area contributed by atoms with Crippen LogP contribution in [-0.4, -0.2) is 18.5 Å². The van der Waals surface area contributed by atoms with E-state index in [1.165, 1.54) is 0 Å². The highest BCUT2D eigenvalue weighted by Crippen LogP contribution is 2.22. The number of hydrogen-bond acceptors (Lipinski definition) is 3. The first-order chi connectivity index (χ1) is 10.5. The number of anilines is 1. The first kappa shape index (κ1) is 16.8. The maximum Gasteiger partial charge on any atom is 0.339 e. The Hall–Kier alpha value is -1.60. The molecule has 4 nitrogen and oxygen atoms in total. The van der Waals surface area contributed by atoms with Crippen molar-refractivity contribution >= 4 is 51.8 Å². The number of nitrogens with one attached hydrogen (secondary N) is 1. The number of esters is 1. The number of amides is 1. The van der Waals surface area contributed by atoms with Gasteiger partial charge in [0.25, 0.3) is 5.91 Å². The predicted molar refractivity (Wildman–Crippen MR) is 94.3 cm³/mol. The molecule has 0 saturated carbocycles. The summed E-state index contributed by atoms with van der Waals surface area (Å²) in [5, 5.41) is 3.05. The molecule has 0 atom stereocenters. The van der Waals surface area contributed by atoms with E-state index in [2.05, 4.69) is 5.32 Å². The summed E-state index contributed by atoms with van der Waals surface area (Å²) in [7, 11) is 0. The molecule has 0 aliphatic carbocycles. The fourth-order valence-corrected chi connectivity index (χ4v) is 2.63. The summed E-state index contributed by atoms with van der Waals surface area (Å²) in [6, 6.07) is 12.3. The molecule has 114 valence electrons. The molecule has 0 aliphatic heterocycles. The molecule has 0 bridgehead atoms. The average Bonchev–Trinajstić information content (AvgIpc) is 2.48. The van der Waals surface area contributed by atoms with E-state index < -0.39 is 11.9 Å². The fraction of sp³-hybridized carbons (Fsp3) is 0.125.